The van der Waals surface area contributed by atoms with Crippen LogP contribution in [0.1, 0.15) is 46.7 Å². The number of nitrogens with zero attached hydrogens (tertiary/aromatic N) is 5. The molecule has 1 aliphatic carbocycles. The van der Waals surface area contributed by atoms with E-state index in [0.717, 1.165) is 19.1 Å². The highest BCUT2D eigenvalue weighted by Crippen LogP contribution is 2.43. The minimum Gasteiger partial charge on any atom is -0.492 e. The molecule has 2 aliphatic rings. The predicted octanol–water partition coefficient (Wildman–Crippen LogP) is 1.56. The Bertz CT molecular complexity index is 1600. The number of carbonyl (C=O) groups excluding carboxylic acids is 2. The first kappa shape index (κ1) is 25.9. The molecule has 1 saturated carbocycles. The molecule has 3 heterocycles. The number of amides is 1. The van der Waals surface area contributed by atoms with E-state index in [1.807, 2.05) is 4.57 Å². The van der Waals surface area contributed by atoms with Crippen molar-refractivity contribution in [3.05, 3.63) is 45.8 Å². The number of benzene rings is 1. The lowest BCUT2D eigenvalue weighted by Crippen LogP contribution is -2.49. The smallest absolute Gasteiger partial charge is 0.324 e. The Hall–Kier alpha value is -4.75. The van der Waals surface area contributed by atoms with Crippen LogP contribution in [-0.4, -0.2) is 71.1 Å². The lowest BCUT2D eigenvalue weighted by atomic mass is 10.1. The van der Waals surface area contributed by atoms with Crippen LogP contribution in [0.4, 0.5) is 16.1 Å². The van der Waals surface area contributed by atoms with Gasteiger partial charge in [-0.15, -0.1) is 0 Å². The van der Waals surface area contributed by atoms with Gasteiger partial charge in [0.2, 0.25) is 0 Å². The first-order valence-electron chi connectivity index (χ1n) is 12.2. The van der Waals surface area contributed by atoms with Crippen LogP contribution < -0.4 is 26.5 Å². The van der Waals surface area contributed by atoms with Crippen LogP contribution in [0.5, 0.6) is 5.75 Å². The maximum atomic E-state index is 15.6. The van der Waals surface area contributed by atoms with Crippen LogP contribution in [-0.2, 0) is 0 Å². The fourth-order valence-corrected chi connectivity index (χ4v) is 4.69. The van der Waals surface area contributed by atoms with Crippen LogP contribution >= 0.6 is 0 Å². The van der Waals surface area contributed by atoms with Gasteiger partial charge in [-0.25, -0.2) is 4.39 Å². The van der Waals surface area contributed by atoms with Crippen molar-refractivity contribution in [3.63, 3.8) is 0 Å². The zero-order valence-electron chi connectivity index (χ0n) is 21.4. The van der Waals surface area contributed by atoms with Crippen molar-refractivity contribution in [3.8, 4) is 5.75 Å². The zero-order valence-corrected chi connectivity index (χ0v) is 21.4. The third-order valence-corrected chi connectivity index (χ3v) is 6.81. The molecule has 0 atom stereocenters. The lowest BCUT2D eigenvalue weighted by Gasteiger charge is -2.36. The van der Waals surface area contributed by atoms with Crippen molar-refractivity contribution in [1.82, 2.24) is 14.5 Å². The van der Waals surface area contributed by atoms with E-state index in [-0.39, 0.29) is 77.9 Å². The number of ketones is 1. The number of hydrogen-bond acceptors (Lipinski definition) is 9. The van der Waals surface area contributed by atoms with Crippen LogP contribution in [0.3, 0.4) is 0 Å². The van der Waals surface area contributed by atoms with E-state index in [1.54, 1.807) is 16.0 Å². The summed E-state index contributed by atoms with van der Waals surface area (Å²) in [5, 5.41) is 7.35. The van der Waals surface area contributed by atoms with E-state index in [1.165, 1.54) is 20.1 Å². The second kappa shape index (κ2) is 9.85. The van der Waals surface area contributed by atoms with E-state index < -0.39 is 23.0 Å². The van der Waals surface area contributed by atoms with Crippen LogP contribution in [0.15, 0.2) is 32.7 Å². The number of rotatable bonds is 6. The molecule has 1 aromatic carbocycles. The molecule has 2 fully saturated rings. The quantitative estimate of drug-likeness (QED) is 0.238. The summed E-state index contributed by atoms with van der Waals surface area (Å²) in [6.07, 6.45) is 4.44. The lowest BCUT2D eigenvalue weighted by molar-refractivity contribution is 0.0740. The number of piperazine rings is 1. The van der Waals surface area contributed by atoms with Crippen molar-refractivity contribution in [2.45, 2.75) is 25.8 Å². The maximum Gasteiger partial charge on any atom is 0.324 e. The van der Waals surface area contributed by atoms with Gasteiger partial charge < -0.3 is 35.0 Å². The number of nitrogens with one attached hydrogen (secondary N) is 1. The molecule has 0 unspecified atom stereocenters. The van der Waals surface area contributed by atoms with Crippen LogP contribution in [0.2, 0.25) is 0 Å². The Morgan fingerprint density at radius 1 is 1.23 bits per heavy atom. The highest BCUT2D eigenvalue weighted by atomic mass is 19.1. The fraction of sp³-hybridized carbons (Fsp3) is 0.360. The molecule has 2 aromatic heterocycles. The number of halogens is 1. The van der Waals surface area contributed by atoms with Crippen molar-refractivity contribution < 1.29 is 23.1 Å². The van der Waals surface area contributed by atoms with Crippen molar-refractivity contribution in [1.29, 1.82) is 5.41 Å². The van der Waals surface area contributed by atoms with Gasteiger partial charge in [0.15, 0.2) is 40.1 Å². The second-order valence-electron chi connectivity index (χ2n) is 9.41. The first-order chi connectivity index (χ1) is 18.6. The normalized spacial score (nSPS) is 16.0. The highest BCUT2D eigenvalue weighted by Gasteiger charge is 2.32. The number of aromatic nitrogens is 2. The number of pyridine rings is 1. The number of carbonyl (C=O) groups is 2. The standard InChI is InChI=1S/C25H27FN8O5/c1-12(35)15-10-34(13-3-4-13)18-14(20(15)36)9-16(26)19(21(18)38-2)32-5-7-33(8-6-32)24(37)17-11-39-25(30-17)31-23(29)22(27)28/h9-11,13H,3-8H2,1-2H3,(H3,27,28)(H2,29,30,31). The number of ether oxygens (including phenoxy) is 1. The molecule has 1 amide bonds. The maximum absolute atomic E-state index is 15.6. The summed E-state index contributed by atoms with van der Waals surface area (Å²) in [5.74, 6) is -1.98. The molecule has 1 saturated heterocycles. The summed E-state index contributed by atoms with van der Waals surface area (Å²) < 4.78 is 28.3. The molecule has 0 radical (unpaired) electrons. The van der Waals surface area contributed by atoms with Gasteiger partial charge in [-0.1, -0.05) is 0 Å². The number of hydrogen-bond donors (Lipinski definition) is 3. The summed E-state index contributed by atoms with van der Waals surface area (Å²) in [5.41, 5.74) is 10.9. The summed E-state index contributed by atoms with van der Waals surface area (Å²) in [6.45, 7) is 2.38. The number of anilines is 1. The van der Waals surface area contributed by atoms with Gasteiger partial charge >= 0.3 is 6.01 Å². The highest BCUT2D eigenvalue weighted by molar-refractivity contribution is 6.38. The minimum atomic E-state index is -0.652. The molecular weight excluding hydrogens is 511 g/mol. The van der Waals surface area contributed by atoms with E-state index in [2.05, 4.69) is 9.98 Å². The second-order valence-corrected chi connectivity index (χ2v) is 9.41. The zero-order chi connectivity index (χ0) is 28.0. The van der Waals surface area contributed by atoms with E-state index in [4.69, 9.17) is 26.0 Å². The van der Waals surface area contributed by atoms with Gasteiger partial charge in [0.1, 0.15) is 12.0 Å². The minimum absolute atomic E-state index is 0.00254. The molecule has 5 N–H and O–H groups in total. The van der Waals surface area contributed by atoms with Crippen LogP contribution in [0, 0.1) is 11.2 Å². The summed E-state index contributed by atoms with van der Waals surface area (Å²) >= 11 is 0. The molecule has 1 aliphatic heterocycles. The molecule has 13 nitrogen and oxygen atoms in total. The molecule has 39 heavy (non-hydrogen) atoms. The van der Waals surface area contributed by atoms with Gasteiger partial charge in [0.25, 0.3) is 5.91 Å². The Kier molecular flexibility index (Phi) is 6.54. The van der Waals surface area contributed by atoms with E-state index in [0.29, 0.717) is 5.52 Å². The predicted molar refractivity (Wildman–Crippen MR) is 141 cm³/mol. The van der Waals surface area contributed by atoms with Gasteiger partial charge in [-0.2, -0.15) is 9.98 Å². The molecule has 5 rings (SSSR count). The Labute approximate surface area is 221 Å². The average molecular weight is 539 g/mol. The van der Waals surface area contributed by atoms with Gasteiger partial charge in [-0.05, 0) is 25.8 Å². The summed E-state index contributed by atoms with van der Waals surface area (Å²) in [6, 6.07) is 1.06. The Balaban J connectivity index is 1.43. The number of amidine groups is 2. The summed E-state index contributed by atoms with van der Waals surface area (Å²) in [4.78, 5) is 49.2. The van der Waals surface area contributed by atoms with Gasteiger partial charge in [0.05, 0.1) is 23.6 Å². The number of nitrogens with two attached hydrogens (primary N) is 2. The third-order valence-electron chi connectivity index (χ3n) is 6.81. The third kappa shape index (κ3) is 4.69. The number of fused-ring (bicyclic) bond motifs is 1. The monoisotopic (exact) mass is 538 g/mol. The van der Waals surface area contributed by atoms with Gasteiger partial charge in [0, 0.05) is 38.4 Å². The van der Waals surface area contributed by atoms with Crippen molar-refractivity contribution in [2.75, 3.05) is 38.2 Å². The number of Topliss-reactive ketones (excluding diaryl/α,β-unsaturated/α-hetero) is 1. The molecule has 14 heteroatoms. The SMILES string of the molecule is COc1c(N2CCN(C(=O)c3coc(N=C(N)C(=N)N)n3)CC2)c(F)cc2c(=O)c(C(C)=O)cn(C3CC3)c12. The molecule has 0 spiro atoms. The molecule has 204 valence electrons. The first-order valence-corrected chi connectivity index (χ1v) is 12.2. The number of oxazole rings is 1. The largest absolute Gasteiger partial charge is 0.492 e. The fourth-order valence-electron chi connectivity index (χ4n) is 4.69. The van der Waals surface area contributed by atoms with E-state index in [9.17, 15) is 14.4 Å². The Morgan fingerprint density at radius 3 is 2.51 bits per heavy atom. The Morgan fingerprint density at radius 2 is 1.92 bits per heavy atom. The number of aliphatic imine (C=N–C) groups is 1. The van der Waals surface area contributed by atoms with E-state index >= 15 is 4.39 Å². The number of methoxy groups -OCH3 is 1. The van der Waals surface area contributed by atoms with Crippen molar-refractivity contribution in [2.24, 2.45) is 16.5 Å². The average Bonchev–Trinajstić information content (AvgIpc) is 3.65. The van der Waals surface area contributed by atoms with Crippen molar-refractivity contribution >= 4 is 46.0 Å². The van der Waals surface area contributed by atoms with Crippen LogP contribution in [0.25, 0.3) is 10.9 Å². The molecular formula is C25H27FN8O5. The van der Waals surface area contributed by atoms with Gasteiger partial charge in [-0.3, -0.25) is 19.8 Å². The topological polar surface area (TPSA) is 186 Å². The molecule has 3 aromatic rings. The summed E-state index contributed by atoms with van der Waals surface area (Å²) in [7, 11) is 1.42. The molecule has 0 bridgehead atoms.